The summed E-state index contributed by atoms with van der Waals surface area (Å²) in [6, 6.07) is 0. The van der Waals surface area contributed by atoms with Gasteiger partial charge >= 0.3 is 0 Å². The molecule has 16 heavy (non-hydrogen) atoms. The van der Waals surface area contributed by atoms with Crippen molar-refractivity contribution >= 4 is 5.78 Å². The predicted octanol–water partition coefficient (Wildman–Crippen LogP) is 3.98. The van der Waals surface area contributed by atoms with E-state index in [2.05, 4.69) is 33.8 Å². The van der Waals surface area contributed by atoms with Crippen molar-refractivity contribution in [1.29, 1.82) is 0 Å². The minimum atomic E-state index is -0.102. The molecule has 1 saturated carbocycles. The first-order valence-corrected chi connectivity index (χ1v) is 6.60. The molecule has 0 unspecified atom stereocenters. The zero-order valence-corrected chi connectivity index (χ0v) is 11.0. The molecule has 0 saturated heterocycles. The monoisotopic (exact) mass is 220 g/mol. The van der Waals surface area contributed by atoms with E-state index in [1.807, 2.05) is 6.08 Å². The highest BCUT2D eigenvalue weighted by Gasteiger charge is 2.53. The fourth-order valence-corrected chi connectivity index (χ4v) is 3.56. The molecule has 0 aromatic rings. The molecule has 2 aliphatic rings. The Morgan fingerprint density at radius 1 is 1.38 bits per heavy atom. The van der Waals surface area contributed by atoms with Gasteiger partial charge < -0.3 is 0 Å². The molecule has 0 aromatic carbocycles. The van der Waals surface area contributed by atoms with Gasteiger partial charge in [-0.1, -0.05) is 33.8 Å². The van der Waals surface area contributed by atoms with Crippen LogP contribution in [0.4, 0.5) is 0 Å². The van der Waals surface area contributed by atoms with E-state index in [4.69, 9.17) is 0 Å². The lowest BCUT2D eigenvalue weighted by Gasteiger charge is -2.53. The average molecular weight is 220 g/mol. The first kappa shape index (κ1) is 11.9. The molecular formula is C15H24O. The van der Waals surface area contributed by atoms with Gasteiger partial charge in [-0.2, -0.15) is 0 Å². The second-order valence-electron chi connectivity index (χ2n) is 6.61. The van der Waals surface area contributed by atoms with Gasteiger partial charge in [0, 0.05) is 5.41 Å². The zero-order valence-electron chi connectivity index (χ0n) is 11.0. The molecular weight excluding hydrogens is 196 g/mol. The number of fused-ring (bicyclic) bond motifs is 1. The molecule has 0 bridgehead atoms. The van der Waals surface area contributed by atoms with Gasteiger partial charge in [-0.15, -0.1) is 0 Å². The molecule has 1 nitrogen and oxygen atoms in total. The Hall–Kier alpha value is -0.590. The van der Waals surface area contributed by atoms with Crippen molar-refractivity contribution in [3.05, 3.63) is 12.2 Å². The smallest absolute Gasteiger partial charge is 0.161 e. The van der Waals surface area contributed by atoms with Gasteiger partial charge in [0.05, 0.1) is 0 Å². The van der Waals surface area contributed by atoms with E-state index in [1.165, 1.54) is 12.8 Å². The summed E-state index contributed by atoms with van der Waals surface area (Å²) in [6.07, 6.45) is 8.59. The van der Waals surface area contributed by atoms with Gasteiger partial charge in [-0.05, 0) is 49.0 Å². The summed E-state index contributed by atoms with van der Waals surface area (Å²) in [5.41, 5.74) is 0.110. The standard InChI is InChI=1S/C15H24O/c1-11(2)12-7-9-14(3)8-5-6-13(16)15(14,4)10-12/h5-6,11-12H,7-10H2,1-4H3/t12-,14+,15+/m1/s1. The van der Waals surface area contributed by atoms with Crippen LogP contribution < -0.4 is 0 Å². The number of rotatable bonds is 1. The van der Waals surface area contributed by atoms with Gasteiger partial charge in [0.25, 0.3) is 0 Å². The van der Waals surface area contributed by atoms with Crippen molar-refractivity contribution in [2.75, 3.05) is 0 Å². The number of hydrogen-bond donors (Lipinski definition) is 0. The number of ketones is 1. The van der Waals surface area contributed by atoms with Crippen molar-refractivity contribution in [1.82, 2.24) is 0 Å². The Labute approximate surface area is 99.3 Å². The average Bonchev–Trinajstić information content (AvgIpc) is 2.20. The molecule has 1 heteroatoms. The zero-order chi connectivity index (χ0) is 12.0. The van der Waals surface area contributed by atoms with E-state index in [0.717, 1.165) is 18.8 Å². The molecule has 0 aromatic heterocycles. The van der Waals surface area contributed by atoms with Crippen molar-refractivity contribution < 1.29 is 4.79 Å². The molecule has 3 atom stereocenters. The molecule has 0 radical (unpaired) electrons. The Morgan fingerprint density at radius 3 is 2.69 bits per heavy atom. The first-order valence-electron chi connectivity index (χ1n) is 6.60. The summed E-state index contributed by atoms with van der Waals surface area (Å²) in [7, 11) is 0. The number of hydrogen-bond acceptors (Lipinski definition) is 1. The lowest BCUT2D eigenvalue weighted by Crippen LogP contribution is -2.50. The summed E-state index contributed by atoms with van der Waals surface area (Å²) in [5, 5.41) is 0. The lowest BCUT2D eigenvalue weighted by atomic mass is 9.50. The maximum absolute atomic E-state index is 12.2. The van der Waals surface area contributed by atoms with Gasteiger partial charge in [0.15, 0.2) is 5.78 Å². The minimum Gasteiger partial charge on any atom is -0.294 e. The summed E-state index contributed by atoms with van der Waals surface area (Å²) in [5.74, 6) is 1.81. The molecule has 2 aliphatic carbocycles. The second-order valence-corrected chi connectivity index (χ2v) is 6.61. The molecule has 0 heterocycles. The van der Waals surface area contributed by atoms with Crippen LogP contribution in [0.1, 0.15) is 53.4 Å². The van der Waals surface area contributed by atoms with E-state index < -0.39 is 0 Å². The van der Waals surface area contributed by atoms with E-state index in [0.29, 0.717) is 11.7 Å². The van der Waals surface area contributed by atoms with Crippen LogP contribution in [0.25, 0.3) is 0 Å². The number of carbonyl (C=O) groups excluding carboxylic acids is 1. The summed E-state index contributed by atoms with van der Waals surface area (Å²) >= 11 is 0. The molecule has 0 spiro atoms. The van der Waals surface area contributed by atoms with Crippen molar-refractivity contribution in [2.24, 2.45) is 22.7 Å². The van der Waals surface area contributed by atoms with E-state index in [1.54, 1.807) is 0 Å². The summed E-state index contributed by atoms with van der Waals surface area (Å²) in [4.78, 5) is 12.2. The molecule has 1 fully saturated rings. The van der Waals surface area contributed by atoms with Crippen LogP contribution in [-0.4, -0.2) is 5.78 Å². The fraction of sp³-hybridized carbons (Fsp3) is 0.800. The van der Waals surface area contributed by atoms with Crippen molar-refractivity contribution in [2.45, 2.75) is 53.4 Å². The number of allylic oxidation sites excluding steroid dienone is 2. The third-order valence-corrected chi connectivity index (χ3v) is 5.39. The summed E-state index contributed by atoms with van der Waals surface area (Å²) < 4.78 is 0. The topological polar surface area (TPSA) is 17.1 Å². The Balaban J connectivity index is 2.31. The lowest BCUT2D eigenvalue weighted by molar-refractivity contribution is -0.137. The first-order chi connectivity index (χ1) is 7.39. The van der Waals surface area contributed by atoms with Crippen LogP contribution in [0.5, 0.6) is 0 Å². The van der Waals surface area contributed by atoms with E-state index in [-0.39, 0.29) is 10.8 Å². The van der Waals surface area contributed by atoms with Crippen LogP contribution in [0.2, 0.25) is 0 Å². The maximum Gasteiger partial charge on any atom is 0.161 e. The van der Waals surface area contributed by atoms with Crippen molar-refractivity contribution in [3.8, 4) is 0 Å². The molecule has 0 N–H and O–H groups in total. The second kappa shape index (κ2) is 3.72. The normalized spacial score (nSPS) is 43.6. The van der Waals surface area contributed by atoms with Crippen LogP contribution in [0.3, 0.4) is 0 Å². The maximum atomic E-state index is 12.2. The largest absolute Gasteiger partial charge is 0.294 e. The fourth-order valence-electron chi connectivity index (χ4n) is 3.56. The minimum absolute atomic E-state index is 0.102. The van der Waals surface area contributed by atoms with E-state index in [9.17, 15) is 4.79 Å². The van der Waals surface area contributed by atoms with Gasteiger partial charge in [0.1, 0.15) is 0 Å². The SMILES string of the molecule is CC(C)[C@@H]1CC[C@]2(C)CC=CC(=O)[C@]2(C)C1. The molecule has 0 amide bonds. The number of carbonyl (C=O) groups is 1. The van der Waals surface area contributed by atoms with Crippen LogP contribution >= 0.6 is 0 Å². The van der Waals surface area contributed by atoms with Gasteiger partial charge in [-0.3, -0.25) is 4.79 Å². The highest BCUT2D eigenvalue weighted by Crippen LogP contribution is 2.57. The highest BCUT2D eigenvalue weighted by atomic mass is 16.1. The van der Waals surface area contributed by atoms with E-state index >= 15 is 0 Å². The highest BCUT2D eigenvalue weighted by molar-refractivity contribution is 5.96. The molecule has 0 aliphatic heterocycles. The Bertz CT molecular complexity index is 328. The third kappa shape index (κ3) is 1.56. The van der Waals surface area contributed by atoms with Gasteiger partial charge in [-0.25, -0.2) is 0 Å². The van der Waals surface area contributed by atoms with Crippen LogP contribution in [-0.2, 0) is 4.79 Å². The third-order valence-electron chi connectivity index (χ3n) is 5.39. The molecule has 2 rings (SSSR count). The van der Waals surface area contributed by atoms with Crippen molar-refractivity contribution in [3.63, 3.8) is 0 Å². The Morgan fingerprint density at radius 2 is 2.06 bits per heavy atom. The van der Waals surface area contributed by atoms with Crippen LogP contribution in [0.15, 0.2) is 12.2 Å². The summed E-state index contributed by atoms with van der Waals surface area (Å²) in [6.45, 7) is 9.10. The molecule has 90 valence electrons. The Kier molecular flexibility index (Phi) is 2.76. The van der Waals surface area contributed by atoms with Crippen LogP contribution in [0, 0.1) is 22.7 Å². The quantitative estimate of drug-likeness (QED) is 0.653. The predicted molar refractivity (Wildman–Crippen MR) is 67.2 cm³/mol. The van der Waals surface area contributed by atoms with Gasteiger partial charge in [0.2, 0.25) is 0 Å².